The number of benzene rings is 1. The SMILES string of the molecule is C=C/C=C(\C=C/COCCCCCOc1ccc(CCN=C(NC(=O)OC(C)(C)C)NC(=O)OC(C)(C)C)cc1)CCNC=BOC#N.CNC(=O)OC(C)(C)C. The topological polar surface area (TPSA) is 191 Å². The number of aliphatic imine (C=N–C) groups is 1. The number of amides is 3. The molecule has 0 bridgehead atoms. The molecule has 0 atom stereocenters. The van der Waals surface area contributed by atoms with Gasteiger partial charge in [-0.05, 0) is 92.9 Å². The number of allylic oxidation sites excluding steroid dienone is 3. The van der Waals surface area contributed by atoms with Crippen LogP contribution in [0.5, 0.6) is 5.75 Å². The van der Waals surface area contributed by atoms with E-state index in [0.29, 0.717) is 39.3 Å². The predicted octanol–water partition coefficient (Wildman–Crippen LogP) is 6.87. The number of alkyl carbamates (subject to hydrolysis) is 3. The van der Waals surface area contributed by atoms with Crippen LogP contribution >= 0.6 is 0 Å². The second-order valence-corrected chi connectivity index (χ2v) is 15.2. The largest absolute Gasteiger partial charge is 0.444 e. The summed E-state index contributed by atoms with van der Waals surface area (Å²) in [6, 6.07) is 7.75. The van der Waals surface area contributed by atoms with Crippen LogP contribution in [-0.4, -0.2) is 94.2 Å². The molecule has 0 unspecified atom stereocenters. The summed E-state index contributed by atoms with van der Waals surface area (Å²) < 4.78 is 31.4. The first-order chi connectivity index (χ1) is 26.8. The van der Waals surface area contributed by atoms with Gasteiger partial charge in [0.2, 0.25) is 5.96 Å². The number of carbonyl (C=O) groups is 3. The molecule has 0 heterocycles. The van der Waals surface area contributed by atoms with Gasteiger partial charge in [-0.1, -0.05) is 12.1 Å². The van der Waals surface area contributed by atoms with Gasteiger partial charge in [0, 0.05) is 13.6 Å². The van der Waals surface area contributed by atoms with Crippen LogP contribution in [0.3, 0.4) is 0 Å². The Bertz CT molecular complexity index is 1470. The second-order valence-electron chi connectivity index (χ2n) is 15.2. The minimum atomic E-state index is -0.731. The Hall–Kier alpha value is -5.30. The molecule has 0 saturated heterocycles. The molecule has 0 aliphatic heterocycles. The van der Waals surface area contributed by atoms with E-state index in [9.17, 15) is 14.4 Å². The molecule has 0 aromatic heterocycles. The van der Waals surface area contributed by atoms with Crippen molar-refractivity contribution in [3.63, 3.8) is 0 Å². The quantitative estimate of drug-likeness (QED) is 0.0218. The number of carbonyl (C=O) groups excluding carboxylic acids is 3. The summed E-state index contributed by atoms with van der Waals surface area (Å²) in [5.74, 6) is 0.737. The number of hydrogen-bond acceptors (Lipinski definition) is 12. The van der Waals surface area contributed by atoms with Crippen molar-refractivity contribution in [3.05, 3.63) is 66.3 Å². The Morgan fingerprint density at radius 2 is 1.44 bits per heavy atom. The van der Waals surface area contributed by atoms with E-state index in [-0.39, 0.29) is 17.7 Å². The summed E-state index contributed by atoms with van der Waals surface area (Å²) in [4.78, 5) is 39.3. The van der Waals surface area contributed by atoms with Crippen molar-refractivity contribution in [1.82, 2.24) is 21.3 Å². The Morgan fingerprint density at radius 1 is 0.860 bits per heavy atom. The summed E-state index contributed by atoms with van der Waals surface area (Å²) in [6.07, 6.45) is 13.3. The van der Waals surface area contributed by atoms with E-state index in [2.05, 4.69) is 37.5 Å². The summed E-state index contributed by atoms with van der Waals surface area (Å²) in [5.41, 5.74) is 0.334. The van der Waals surface area contributed by atoms with Crippen LogP contribution in [0.4, 0.5) is 14.4 Å². The zero-order chi connectivity index (χ0) is 43.2. The standard InChI is InChI=1S/C35H52BN5O7.C6H13NO2/c1-8-13-28(19-21-38-26-36-46-27-37)14-12-24-44-23-10-9-11-25-45-30-17-15-29(16-18-30)20-22-39-31(40-32(42)47-34(2,3)4)41-33(43)48-35(5,6)7;1-6(2,3)9-5(8)7-4/h8,12-18,26,38H,1,9-11,19-25H2,2-7H3,(H2,39,40,41,42,43);1-4H3,(H,7,8)/b14-12-,28-13+;. The van der Waals surface area contributed by atoms with Crippen LogP contribution in [0.25, 0.3) is 0 Å². The van der Waals surface area contributed by atoms with Crippen LogP contribution in [0.2, 0.25) is 0 Å². The third kappa shape index (κ3) is 33.7. The number of nitrogens with zero attached hydrogens (tertiary/aromatic N) is 2. The molecule has 15 nitrogen and oxygen atoms in total. The van der Waals surface area contributed by atoms with Gasteiger partial charge in [-0.25, -0.2) is 14.4 Å². The molecular formula is C41H65BN6O9. The Balaban J connectivity index is 0.00000308. The van der Waals surface area contributed by atoms with Crippen molar-refractivity contribution in [1.29, 1.82) is 5.26 Å². The molecule has 0 aliphatic carbocycles. The van der Waals surface area contributed by atoms with E-state index in [1.807, 2.05) is 63.3 Å². The summed E-state index contributed by atoms with van der Waals surface area (Å²) >= 11 is 0. The first-order valence-corrected chi connectivity index (χ1v) is 18.9. The van der Waals surface area contributed by atoms with Gasteiger partial charge < -0.3 is 24.3 Å². The number of guanidine groups is 1. The van der Waals surface area contributed by atoms with Crippen molar-refractivity contribution in [2.45, 2.75) is 111 Å². The minimum Gasteiger partial charge on any atom is -0.444 e. The number of hydrogen-bond donors (Lipinski definition) is 4. The van der Waals surface area contributed by atoms with E-state index in [1.54, 1.807) is 60.0 Å². The van der Waals surface area contributed by atoms with Gasteiger partial charge in [0.05, 0.1) is 6.61 Å². The van der Waals surface area contributed by atoms with Crippen LogP contribution in [-0.2, 0) is 30.0 Å². The number of ether oxygens (including phenoxy) is 5. The summed E-state index contributed by atoms with van der Waals surface area (Å²) in [6.45, 7) is 22.5. The molecule has 0 aliphatic rings. The second kappa shape index (κ2) is 29.0. The fraction of sp³-hybridized carbons (Fsp3) is 0.561. The summed E-state index contributed by atoms with van der Waals surface area (Å²) in [5, 5.41) is 18.7. The first kappa shape index (κ1) is 51.7. The van der Waals surface area contributed by atoms with E-state index < -0.39 is 23.4 Å². The zero-order valence-corrected chi connectivity index (χ0v) is 35.6. The Labute approximate surface area is 340 Å². The minimum absolute atomic E-state index is 0.0474. The van der Waals surface area contributed by atoms with Gasteiger partial charge in [-0.15, -0.1) is 0 Å². The van der Waals surface area contributed by atoms with Crippen LogP contribution in [0.1, 0.15) is 93.6 Å². The monoisotopic (exact) mass is 796 g/mol. The van der Waals surface area contributed by atoms with Gasteiger partial charge in [0.15, 0.2) is 0 Å². The molecule has 1 aromatic carbocycles. The van der Waals surface area contributed by atoms with E-state index in [1.165, 1.54) is 14.2 Å². The Morgan fingerprint density at radius 3 is 1.96 bits per heavy atom. The maximum atomic E-state index is 12.3. The van der Waals surface area contributed by atoms with Crippen molar-refractivity contribution in [2.75, 3.05) is 40.0 Å². The molecule has 1 rings (SSSR count). The molecule has 0 radical (unpaired) electrons. The molecule has 316 valence electrons. The smallest absolute Gasteiger partial charge is 0.407 e. The van der Waals surface area contributed by atoms with Gasteiger partial charge in [-0.3, -0.25) is 15.6 Å². The van der Waals surface area contributed by atoms with Crippen molar-refractivity contribution in [3.8, 4) is 12.0 Å². The third-order valence-corrected chi connectivity index (χ3v) is 6.38. The normalized spacial score (nSPS) is 11.5. The maximum Gasteiger partial charge on any atom is 0.407 e. The number of nitriles is 1. The molecule has 4 N–H and O–H groups in total. The molecule has 16 heteroatoms. The van der Waals surface area contributed by atoms with Crippen molar-refractivity contribution >= 4 is 37.5 Å². The molecule has 1 aromatic rings. The van der Waals surface area contributed by atoms with Crippen LogP contribution < -0.4 is 26.0 Å². The maximum absolute atomic E-state index is 12.3. The third-order valence-electron chi connectivity index (χ3n) is 6.38. The average Bonchev–Trinajstić information content (AvgIpc) is 3.08. The predicted molar refractivity (Wildman–Crippen MR) is 225 cm³/mol. The molecule has 0 spiro atoms. The Kier molecular flexibility index (Phi) is 26.3. The molecule has 0 fully saturated rings. The molecular weight excluding hydrogens is 731 g/mol. The number of unbranched alkanes of at least 4 members (excludes halogenated alkanes) is 2. The van der Waals surface area contributed by atoms with Gasteiger partial charge in [-0.2, -0.15) is 0 Å². The van der Waals surface area contributed by atoms with E-state index in [4.69, 9.17) is 28.9 Å². The fourth-order valence-corrected chi connectivity index (χ4v) is 4.10. The average molecular weight is 797 g/mol. The van der Waals surface area contributed by atoms with Gasteiger partial charge in [0.25, 0.3) is 0 Å². The van der Waals surface area contributed by atoms with Gasteiger partial charge in [0.1, 0.15) is 22.6 Å². The first-order valence-electron chi connectivity index (χ1n) is 18.9. The van der Waals surface area contributed by atoms with E-state index >= 15 is 0 Å². The molecule has 57 heavy (non-hydrogen) atoms. The van der Waals surface area contributed by atoms with Crippen molar-refractivity contribution in [2.24, 2.45) is 4.99 Å². The number of rotatable bonds is 19. The van der Waals surface area contributed by atoms with Crippen LogP contribution in [0.15, 0.2) is 65.7 Å². The van der Waals surface area contributed by atoms with E-state index in [0.717, 1.165) is 42.6 Å². The van der Waals surface area contributed by atoms with Crippen molar-refractivity contribution < 1.29 is 42.7 Å². The fourth-order valence-electron chi connectivity index (χ4n) is 4.10. The molecule has 3 amide bonds. The van der Waals surface area contributed by atoms with Crippen LogP contribution in [0, 0.1) is 11.5 Å². The summed E-state index contributed by atoms with van der Waals surface area (Å²) in [7, 11) is 2.83. The molecule has 0 saturated carbocycles. The zero-order valence-electron chi connectivity index (χ0n) is 35.6. The van der Waals surface area contributed by atoms with Gasteiger partial charge >= 0.3 is 133 Å². The number of nitrogens with one attached hydrogen (secondary N) is 4.